The van der Waals surface area contributed by atoms with Crippen molar-refractivity contribution in [3.63, 3.8) is 0 Å². The fraction of sp³-hybridized carbons (Fsp3) is 0.235. The first kappa shape index (κ1) is 14.4. The van der Waals surface area contributed by atoms with Crippen LogP contribution in [0.4, 0.5) is 5.69 Å². The van der Waals surface area contributed by atoms with Gasteiger partial charge in [-0.25, -0.2) is 5.43 Å². The van der Waals surface area contributed by atoms with Crippen LogP contribution >= 0.6 is 0 Å². The van der Waals surface area contributed by atoms with Crippen molar-refractivity contribution in [1.29, 1.82) is 0 Å². The Morgan fingerprint density at radius 2 is 1.77 bits per heavy atom. The molecule has 22 heavy (non-hydrogen) atoms. The molecule has 2 N–H and O–H groups in total. The van der Waals surface area contributed by atoms with Gasteiger partial charge in [0, 0.05) is 12.7 Å². The van der Waals surface area contributed by atoms with E-state index in [1.165, 1.54) is 5.01 Å². The predicted molar refractivity (Wildman–Crippen MR) is 85.6 cm³/mol. The molecular weight excluding hydrogens is 278 g/mol. The summed E-state index contributed by atoms with van der Waals surface area (Å²) in [7, 11) is 3.37. The molecule has 3 rings (SSSR count). The van der Waals surface area contributed by atoms with Crippen LogP contribution in [-0.2, 0) is 5.66 Å². The van der Waals surface area contributed by atoms with Crippen LogP contribution in [-0.4, -0.2) is 25.1 Å². The standard InChI is InChI=1S/C17H19N3O2/c1-17(12-8-10-13(22-3)11-9-12)18-15-7-5-4-6-14(15)16(21)20(2)19-17/h4-11,18-19H,1-3H3. The molecule has 0 saturated carbocycles. The summed E-state index contributed by atoms with van der Waals surface area (Å²) in [4.78, 5) is 12.5. The molecule has 0 bridgehead atoms. The molecule has 1 amide bonds. The molecule has 0 spiro atoms. The van der Waals surface area contributed by atoms with Gasteiger partial charge in [-0.15, -0.1) is 0 Å². The second kappa shape index (κ2) is 5.35. The summed E-state index contributed by atoms with van der Waals surface area (Å²) in [5.41, 5.74) is 5.09. The van der Waals surface area contributed by atoms with Crippen molar-refractivity contribution in [2.75, 3.05) is 19.5 Å². The zero-order valence-corrected chi connectivity index (χ0v) is 12.9. The van der Waals surface area contributed by atoms with Crippen molar-refractivity contribution in [2.45, 2.75) is 12.6 Å². The molecule has 5 nitrogen and oxygen atoms in total. The van der Waals surface area contributed by atoms with Gasteiger partial charge in [0.2, 0.25) is 0 Å². The zero-order chi connectivity index (χ0) is 15.7. The Balaban J connectivity index is 2.04. The van der Waals surface area contributed by atoms with Crippen LogP contribution in [0.1, 0.15) is 22.8 Å². The average molecular weight is 297 g/mol. The molecule has 0 aliphatic carbocycles. The summed E-state index contributed by atoms with van der Waals surface area (Å²) < 4.78 is 5.20. The van der Waals surface area contributed by atoms with Gasteiger partial charge in [-0.2, -0.15) is 0 Å². The van der Waals surface area contributed by atoms with E-state index < -0.39 is 5.66 Å². The fourth-order valence-electron chi connectivity index (χ4n) is 2.70. The number of methoxy groups -OCH3 is 1. The van der Waals surface area contributed by atoms with Gasteiger partial charge in [0.15, 0.2) is 0 Å². The summed E-state index contributed by atoms with van der Waals surface area (Å²) in [5, 5.41) is 4.95. The van der Waals surface area contributed by atoms with E-state index in [1.54, 1.807) is 14.2 Å². The lowest BCUT2D eigenvalue weighted by Gasteiger charge is -2.34. The average Bonchev–Trinajstić information content (AvgIpc) is 2.63. The quantitative estimate of drug-likeness (QED) is 0.894. The molecule has 1 unspecified atom stereocenters. The number of fused-ring (bicyclic) bond motifs is 1. The minimum absolute atomic E-state index is 0.0691. The highest BCUT2D eigenvalue weighted by atomic mass is 16.5. The molecule has 1 aliphatic heterocycles. The van der Waals surface area contributed by atoms with E-state index in [4.69, 9.17) is 4.74 Å². The van der Waals surface area contributed by atoms with Gasteiger partial charge in [-0.1, -0.05) is 24.3 Å². The van der Waals surface area contributed by atoms with Crippen molar-refractivity contribution in [2.24, 2.45) is 0 Å². The number of nitrogens with zero attached hydrogens (tertiary/aromatic N) is 1. The third-order valence-corrected chi connectivity index (χ3v) is 3.91. The molecule has 2 aromatic carbocycles. The molecule has 1 heterocycles. The minimum atomic E-state index is -0.608. The largest absolute Gasteiger partial charge is 0.497 e. The van der Waals surface area contributed by atoms with Crippen molar-refractivity contribution in [3.05, 3.63) is 59.7 Å². The smallest absolute Gasteiger partial charge is 0.269 e. The van der Waals surface area contributed by atoms with E-state index in [2.05, 4.69) is 10.7 Å². The number of nitrogens with one attached hydrogen (secondary N) is 2. The second-order valence-corrected chi connectivity index (χ2v) is 5.50. The second-order valence-electron chi connectivity index (χ2n) is 5.50. The maximum Gasteiger partial charge on any atom is 0.269 e. The first-order valence-corrected chi connectivity index (χ1v) is 7.11. The van der Waals surface area contributed by atoms with Crippen LogP contribution < -0.4 is 15.5 Å². The number of benzene rings is 2. The number of ether oxygens (including phenoxy) is 1. The van der Waals surface area contributed by atoms with Gasteiger partial charge in [0.25, 0.3) is 5.91 Å². The third kappa shape index (κ3) is 2.40. The molecule has 1 atom stereocenters. The van der Waals surface area contributed by atoms with Crippen LogP contribution in [0.3, 0.4) is 0 Å². The Morgan fingerprint density at radius 3 is 2.45 bits per heavy atom. The third-order valence-electron chi connectivity index (χ3n) is 3.91. The van der Waals surface area contributed by atoms with Crippen LogP contribution in [0.2, 0.25) is 0 Å². The highest BCUT2D eigenvalue weighted by molar-refractivity contribution is 6.00. The monoisotopic (exact) mass is 297 g/mol. The van der Waals surface area contributed by atoms with E-state index in [9.17, 15) is 4.79 Å². The number of carbonyl (C=O) groups is 1. The molecule has 114 valence electrons. The predicted octanol–water partition coefficient (Wildman–Crippen LogP) is 2.57. The first-order chi connectivity index (χ1) is 10.5. The number of hydrogen-bond acceptors (Lipinski definition) is 4. The highest BCUT2D eigenvalue weighted by Crippen LogP contribution is 2.30. The van der Waals surface area contributed by atoms with Crippen molar-refractivity contribution in [3.8, 4) is 5.75 Å². The fourth-order valence-corrected chi connectivity index (χ4v) is 2.70. The number of amides is 1. The summed E-state index contributed by atoms with van der Waals surface area (Å²) >= 11 is 0. The first-order valence-electron chi connectivity index (χ1n) is 7.11. The number of anilines is 1. The van der Waals surface area contributed by atoms with Gasteiger partial charge in [-0.3, -0.25) is 9.80 Å². The maximum atomic E-state index is 12.5. The van der Waals surface area contributed by atoms with E-state index in [1.807, 2.05) is 55.5 Å². The molecule has 1 aliphatic rings. The SMILES string of the molecule is COc1ccc(C2(C)Nc3ccccc3C(=O)N(C)N2)cc1. The normalized spacial score (nSPS) is 20.9. The Hall–Kier alpha value is -2.53. The number of hydrogen-bond donors (Lipinski definition) is 2. The van der Waals surface area contributed by atoms with Crippen LogP contribution in [0, 0.1) is 0 Å². The number of carbonyl (C=O) groups excluding carboxylic acids is 1. The van der Waals surface area contributed by atoms with E-state index >= 15 is 0 Å². The minimum Gasteiger partial charge on any atom is -0.497 e. The topological polar surface area (TPSA) is 53.6 Å². The molecule has 0 saturated heterocycles. The summed E-state index contributed by atoms with van der Waals surface area (Å²) in [6.45, 7) is 2.00. The Labute approximate surface area is 129 Å². The zero-order valence-electron chi connectivity index (χ0n) is 12.9. The lowest BCUT2D eigenvalue weighted by molar-refractivity contribution is 0.0649. The van der Waals surface area contributed by atoms with Crippen LogP contribution in [0.15, 0.2) is 48.5 Å². The lowest BCUT2D eigenvalue weighted by atomic mass is 10.0. The van der Waals surface area contributed by atoms with Gasteiger partial charge in [-0.05, 0) is 36.8 Å². The van der Waals surface area contributed by atoms with E-state index in [0.717, 1.165) is 17.0 Å². The number of hydrazine groups is 1. The number of rotatable bonds is 2. The van der Waals surface area contributed by atoms with Gasteiger partial charge in [0.1, 0.15) is 11.4 Å². The van der Waals surface area contributed by atoms with Crippen molar-refractivity contribution < 1.29 is 9.53 Å². The Kier molecular flexibility index (Phi) is 3.50. The Bertz CT molecular complexity index is 699. The summed E-state index contributed by atoms with van der Waals surface area (Å²) in [6, 6.07) is 15.3. The summed E-state index contributed by atoms with van der Waals surface area (Å²) in [6.07, 6.45) is 0. The molecule has 2 aromatic rings. The van der Waals surface area contributed by atoms with Gasteiger partial charge < -0.3 is 10.1 Å². The molecular formula is C17H19N3O2. The maximum absolute atomic E-state index is 12.5. The Morgan fingerprint density at radius 1 is 1.09 bits per heavy atom. The summed E-state index contributed by atoms with van der Waals surface area (Å²) in [5.74, 6) is 0.728. The molecule has 0 radical (unpaired) electrons. The van der Waals surface area contributed by atoms with Crippen molar-refractivity contribution >= 4 is 11.6 Å². The highest BCUT2D eigenvalue weighted by Gasteiger charge is 2.34. The van der Waals surface area contributed by atoms with Crippen LogP contribution in [0.5, 0.6) is 5.75 Å². The van der Waals surface area contributed by atoms with Crippen LogP contribution in [0.25, 0.3) is 0 Å². The van der Waals surface area contributed by atoms with Crippen molar-refractivity contribution in [1.82, 2.24) is 10.4 Å². The van der Waals surface area contributed by atoms with E-state index in [-0.39, 0.29) is 5.91 Å². The molecule has 5 heteroatoms. The van der Waals surface area contributed by atoms with Gasteiger partial charge >= 0.3 is 0 Å². The van der Waals surface area contributed by atoms with E-state index in [0.29, 0.717) is 5.56 Å². The van der Waals surface area contributed by atoms with Gasteiger partial charge in [0.05, 0.1) is 12.7 Å². The number of para-hydroxylation sites is 1. The molecule has 0 aromatic heterocycles. The molecule has 0 fully saturated rings. The lowest BCUT2D eigenvalue weighted by Crippen LogP contribution is -2.53.